The highest BCUT2D eigenvalue weighted by atomic mass is 19.4. The standard InChI is InChI=1S/C23H17N3O3.C2HF3O2/c27-22-19(11-16(13-25-22)14-7-9-24-10-8-14)26-23(28)21-12-18-17-4-2-1-3-15(17)5-6-20(18)29-21;3-2(4,5)1(6)7/h1-11,13,21H,12H2,(H,25,27)(H,26,28);(H,6,7). The average molecular weight is 497 g/mol. The van der Waals surface area contributed by atoms with Gasteiger partial charge in [-0.2, -0.15) is 13.2 Å². The molecule has 5 rings (SSSR count). The van der Waals surface area contributed by atoms with E-state index in [0.29, 0.717) is 12.2 Å². The summed E-state index contributed by atoms with van der Waals surface area (Å²) in [6.07, 6.45) is -0.342. The first-order chi connectivity index (χ1) is 17.1. The fourth-order valence-corrected chi connectivity index (χ4v) is 3.66. The molecular formula is C25H18F3N3O5. The number of amides is 1. The Labute approximate surface area is 201 Å². The summed E-state index contributed by atoms with van der Waals surface area (Å²) in [7, 11) is 0. The largest absolute Gasteiger partial charge is 0.490 e. The number of H-pyrrole nitrogens is 1. The second kappa shape index (κ2) is 9.90. The molecule has 0 spiro atoms. The van der Waals surface area contributed by atoms with Gasteiger partial charge in [0.1, 0.15) is 11.4 Å². The van der Waals surface area contributed by atoms with E-state index in [0.717, 1.165) is 27.5 Å². The lowest BCUT2D eigenvalue weighted by atomic mass is 10.0. The quantitative estimate of drug-likeness (QED) is 0.391. The van der Waals surface area contributed by atoms with Crippen molar-refractivity contribution < 1.29 is 32.6 Å². The second-order valence-corrected chi connectivity index (χ2v) is 7.73. The molecule has 3 heterocycles. The van der Waals surface area contributed by atoms with E-state index in [1.807, 2.05) is 48.5 Å². The molecule has 1 atom stereocenters. The molecule has 8 nitrogen and oxygen atoms in total. The van der Waals surface area contributed by atoms with Crippen LogP contribution >= 0.6 is 0 Å². The Kier molecular flexibility index (Phi) is 6.73. The monoisotopic (exact) mass is 497 g/mol. The molecule has 4 aromatic rings. The van der Waals surface area contributed by atoms with Crippen molar-refractivity contribution in [1.82, 2.24) is 9.97 Å². The van der Waals surface area contributed by atoms with Gasteiger partial charge >= 0.3 is 12.1 Å². The van der Waals surface area contributed by atoms with Crippen LogP contribution in [0.3, 0.4) is 0 Å². The zero-order valence-corrected chi connectivity index (χ0v) is 18.4. The summed E-state index contributed by atoms with van der Waals surface area (Å²) in [5, 5.41) is 12.0. The van der Waals surface area contributed by atoms with Crippen LogP contribution in [0.2, 0.25) is 0 Å². The lowest BCUT2D eigenvalue weighted by molar-refractivity contribution is -0.192. The summed E-state index contributed by atoms with van der Waals surface area (Å²) in [6, 6.07) is 17.2. The number of carboxylic acid groups (broad SMARTS) is 1. The van der Waals surface area contributed by atoms with Gasteiger partial charge < -0.3 is 20.1 Å². The minimum atomic E-state index is -5.08. The van der Waals surface area contributed by atoms with Crippen LogP contribution in [0.1, 0.15) is 5.56 Å². The molecule has 1 amide bonds. The number of rotatable bonds is 3. The van der Waals surface area contributed by atoms with Crippen LogP contribution in [0, 0.1) is 0 Å². The first-order valence-electron chi connectivity index (χ1n) is 10.5. The Morgan fingerprint density at radius 2 is 1.75 bits per heavy atom. The maximum absolute atomic E-state index is 12.8. The Balaban J connectivity index is 0.000000384. The van der Waals surface area contributed by atoms with Crippen molar-refractivity contribution in [2.75, 3.05) is 5.32 Å². The number of benzene rings is 2. The lowest BCUT2D eigenvalue weighted by Crippen LogP contribution is -2.33. The molecule has 1 aliphatic heterocycles. The summed E-state index contributed by atoms with van der Waals surface area (Å²) in [5.41, 5.74) is 2.51. The molecule has 2 aromatic carbocycles. The number of nitrogens with one attached hydrogen (secondary N) is 2. The number of alkyl halides is 3. The number of aromatic nitrogens is 2. The number of ether oxygens (including phenoxy) is 1. The Hall–Kier alpha value is -4.67. The number of carbonyl (C=O) groups is 2. The van der Waals surface area contributed by atoms with Crippen molar-refractivity contribution in [3.63, 3.8) is 0 Å². The lowest BCUT2D eigenvalue weighted by Gasteiger charge is -2.11. The predicted molar refractivity (Wildman–Crippen MR) is 125 cm³/mol. The van der Waals surface area contributed by atoms with Crippen molar-refractivity contribution in [2.45, 2.75) is 18.7 Å². The number of aliphatic carboxylic acids is 1. The van der Waals surface area contributed by atoms with E-state index in [1.165, 1.54) is 0 Å². The molecule has 0 saturated carbocycles. The van der Waals surface area contributed by atoms with Crippen LogP contribution < -0.4 is 15.6 Å². The van der Waals surface area contributed by atoms with Crippen molar-refractivity contribution in [2.24, 2.45) is 0 Å². The van der Waals surface area contributed by atoms with Gasteiger partial charge in [-0.3, -0.25) is 14.6 Å². The molecule has 0 radical (unpaired) electrons. The van der Waals surface area contributed by atoms with Gasteiger partial charge in [-0.05, 0) is 40.6 Å². The van der Waals surface area contributed by atoms with E-state index in [-0.39, 0.29) is 17.2 Å². The number of carbonyl (C=O) groups excluding carboxylic acids is 1. The number of carboxylic acids is 1. The summed E-state index contributed by atoms with van der Waals surface area (Å²) >= 11 is 0. The number of nitrogens with zero attached hydrogens (tertiary/aromatic N) is 1. The van der Waals surface area contributed by atoms with Gasteiger partial charge in [-0.15, -0.1) is 0 Å². The van der Waals surface area contributed by atoms with Crippen molar-refractivity contribution in [1.29, 1.82) is 0 Å². The molecule has 3 N–H and O–H groups in total. The third-order valence-corrected chi connectivity index (χ3v) is 5.37. The Morgan fingerprint density at radius 3 is 2.44 bits per heavy atom. The molecule has 0 aliphatic carbocycles. The molecule has 0 fully saturated rings. The maximum atomic E-state index is 12.8. The van der Waals surface area contributed by atoms with Crippen LogP contribution in [0.15, 0.2) is 78.0 Å². The Morgan fingerprint density at radius 1 is 1.06 bits per heavy atom. The summed E-state index contributed by atoms with van der Waals surface area (Å²) < 4.78 is 37.6. The number of hydrogen-bond donors (Lipinski definition) is 3. The SMILES string of the molecule is O=C(Nc1cc(-c2ccncc2)c[nH]c1=O)C1Cc2c(ccc3ccccc23)O1.O=C(O)C(F)(F)F. The van der Waals surface area contributed by atoms with E-state index in [9.17, 15) is 22.8 Å². The first-order valence-corrected chi connectivity index (χ1v) is 10.5. The number of aromatic amines is 1. The molecule has 0 bridgehead atoms. The van der Waals surface area contributed by atoms with E-state index in [2.05, 4.69) is 15.3 Å². The van der Waals surface area contributed by atoms with Crippen molar-refractivity contribution in [3.8, 4) is 16.9 Å². The van der Waals surface area contributed by atoms with E-state index in [4.69, 9.17) is 14.6 Å². The van der Waals surface area contributed by atoms with E-state index in [1.54, 1.807) is 24.7 Å². The van der Waals surface area contributed by atoms with Crippen molar-refractivity contribution >= 4 is 28.3 Å². The fraction of sp³-hybridized carbons (Fsp3) is 0.120. The third kappa shape index (κ3) is 5.35. The third-order valence-electron chi connectivity index (χ3n) is 5.37. The smallest absolute Gasteiger partial charge is 0.480 e. The van der Waals surface area contributed by atoms with Gasteiger partial charge in [0.25, 0.3) is 11.5 Å². The fourth-order valence-electron chi connectivity index (χ4n) is 3.66. The highest BCUT2D eigenvalue weighted by Crippen LogP contribution is 2.35. The number of anilines is 1. The highest BCUT2D eigenvalue weighted by molar-refractivity contribution is 5.97. The van der Waals surface area contributed by atoms with Gasteiger partial charge in [0, 0.05) is 36.1 Å². The summed E-state index contributed by atoms with van der Waals surface area (Å²) in [4.78, 5) is 40.6. The number of fused-ring (bicyclic) bond motifs is 3. The van der Waals surface area contributed by atoms with Crippen LogP contribution in [0.25, 0.3) is 21.9 Å². The zero-order chi connectivity index (χ0) is 25.9. The van der Waals surface area contributed by atoms with E-state index >= 15 is 0 Å². The van der Waals surface area contributed by atoms with Crippen molar-refractivity contribution in [3.05, 3.63) is 89.1 Å². The van der Waals surface area contributed by atoms with Gasteiger partial charge in [-0.1, -0.05) is 30.3 Å². The second-order valence-electron chi connectivity index (χ2n) is 7.73. The Bertz CT molecular complexity index is 1490. The number of hydrogen-bond acceptors (Lipinski definition) is 5. The van der Waals surface area contributed by atoms with Crippen LogP contribution in [-0.4, -0.2) is 39.2 Å². The molecule has 11 heteroatoms. The average Bonchev–Trinajstić information content (AvgIpc) is 3.31. The molecule has 36 heavy (non-hydrogen) atoms. The zero-order valence-electron chi connectivity index (χ0n) is 18.4. The number of halogens is 3. The summed E-state index contributed by atoms with van der Waals surface area (Å²) in [5.74, 6) is -2.39. The minimum Gasteiger partial charge on any atom is -0.480 e. The predicted octanol–water partition coefficient (Wildman–Crippen LogP) is 4.17. The molecular weight excluding hydrogens is 479 g/mol. The molecule has 2 aromatic heterocycles. The van der Waals surface area contributed by atoms with Gasteiger partial charge in [-0.25, -0.2) is 4.79 Å². The van der Waals surface area contributed by atoms with Gasteiger partial charge in [0.2, 0.25) is 0 Å². The van der Waals surface area contributed by atoms with Gasteiger partial charge in [0.05, 0.1) is 0 Å². The van der Waals surface area contributed by atoms with Crippen LogP contribution in [0.5, 0.6) is 5.75 Å². The topological polar surface area (TPSA) is 121 Å². The molecule has 1 aliphatic rings. The van der Waals surface area contributed by atoms with Crippen LogP contribution in [0.4, 0.5) is 18.9 Å². The minimum absolute atomic E-state index is 0.189. The van der Waals surface area contributed by atoms with Gasteiger partial charge in [0.15, 0.2) is 6.10 Å². The van der Waals surface area contributed by atoms with E-state index < -0.39 is 18.2 Å². The molecule has 0 saturated heterocycles. The van der Waals surface area contributed by atoms with Crippen LogP contribution in [-0.2, 0) is 16.0 Å². The molecule has 1 unspecified atom stereocenters. The highest BCUT2D eigenvalue weighted by Gasteiger charge is 2.38. The molecule has 184 valence electrons. The maximum Gasteiger partial charge on any atom is 0.490 e. The number of pyridine rings is 2. The summed E-state index contributed by atoms with van der Waals surface area (Å²) in [6.45, 7) is 0. The normalized spacial score (nSPS) is 14.2. The first kappa shape index (κ1) is 24.5.